The molecule has 0 saturated carbocycles. The number of carbonyl (C=O) groups excluding carboxylic acids is 1. The first-order valence-electron chi connectivity index (χ1n) is 5.83. The van der Waals surface area contributed by atoms with E-state index in [-0.39, 0.29) is 5.91 Å². The van der Waals surface area contributed by atoms with Crippen LogP contribution in [0.25, 0.3) is 0 Å². The molecule has 1 aromatic heterocycles. The van der Waals surface area contributed by atoms with E-state index in [4.69, 9.17) is 9.15 Å². The highest BCUT2D eigenvalue weighted by Crippen LogP contribution is 2.13. The van der Waals surface area contributed by atoms with Crippen molar-refractivity contribution >= 4 is 5.91 Å². The molecule has 1 aromatic carbocycles. The molecule has 0 bridgehead atoms. The highest BCUT2D eigenvalue weighted by Gasteiger charge is 2.07. The average molecular weight is 245 g/mol. The maximum atomic E-state index is 11.7. The molecule has 0 atom stereocenters. The molecule has 1 amide bonds. The van der Waals surface area contributed by atoms with Gasteiger partial charge < -0.3 is 14.5 Å². The van der Waals surface area contributed by atoms with E-state index in [9.17, 15) is 4.79 Å². The summed E-state index contributed by atoms with van der Waals surface area (Å²) in [5, 5.41) is 2.78. The Labute approximate surface area is 106 Å². The lowest BCUT2D eigenvalue weighted by molar-refractivity contribution is 0.0923. The topological polar surface area (TPSA) is 51.5 Å². The summed E-state index contributed by atoms with van der Waals surface area (Å²) in [4.78, 5) is 11.7. The van der Waals surface area contributed by atoms with Gasteiger partial charge in [0.2, 0.25) is 0 Å². The van der Waals surface area contributed by atoms with E-state index in [1.165, 1.54) is 6.26 Å². The second kappa shape index (κ2) is 5.91. The summed E-state index contributed by atoms with van der Waals surface area (Å²) in [7, 11) is 0. The molecule has 0 saturated heterocycles. The van der Waals surface area contributed by atoms with Crippen molar-refractivity contribution in [3.8, 4) is 5.75 Å². The van der Waals surface area contributed by atoms with Gasteiger partial charge in [-0.1, -0.05) is 12.1 Å². The van der Waals surface area contributed by atoms with Gasteiger partial charge in [-0.15, -0.1) is 0 Å². The van der Waals surface area contributed by atoms with Crippen molar-refractivity contribution in [2.24, 2.45) is 0 Å². The Bertz CT molecular complexity index is 506. The van der Waals surface area contributed by atoms with E-state index in [1.54, 1.807) is 12.1 Å². The number of rotatable bonds is 5. The fraction of sp³-hybridized carbons (Fsp3) is 0.214. The van der Waals surface area contributed by atoms with Gasteiger partial charge in [-0.25, -0.2) is 0 Å². The van der Waals surface area contributed by atoms with E-state index in [0.29, 0.717) is 18.9 Å². The van der Waals surface area contributed by atoms with Crippen molar-refractivity contribution in [1.29, 1.82) is 0 Å². The van der Waals surface area contributed by atoms with Crippen molar-refractivity contribution in [2.75, 3.05) is 6.61 Å². The SMILES string of the molecule is CCOc1cccc(CNC(=O)c2ccco2)c1. The molecule has 0 aliphatic carbocycles. The third-order valence-electron chi connectivity index (χ3n) is 2.41. The van der Waals surface area contributed by atoms with E-state index in [1.807, 2.05) is 31.2 Å². The van der Waals surface area contributed by atoms with Gasteiger partial charge in [0.1, 0.15) is 5.75 Å². The average Bonchev–Trinajstić information content (AvgIpc) is 2.91. The Morgan fingerprint density at radius 1 is 1.33 bits per heavy atom. The molecule has 0 fully saturated rings. The van der Waals surface area contributed by atoms with Crippen LogP contribution < -0.4 is 10.1 Å². The van der Waals surface area contributed by atoms with Gasteiger partial charge in [0, 0.05) is 6.54 Å². The molecule has 4 nitrogen and oxygen atoms in total. The van der Waals surface area contributed by atoms with Crippen LogP contribution in [-0.4, -0.2) is 12.5 Å². The number of hydrogen-bond acceptors (Lipinski definition) is 3. The van der Waals surface area contributed by atoms with Gasteiger partial charge in [0.05, 0.1) is 12.9 Å². The Morgan fingerprint density at radius 3 is 2.94 bits per heavy atom. The number of benzene rings is 1. The second-order valence-electron chi connectivity index (χ2n) is 3.74. The van der Waals surface area contributed by atoms with Crippen molar-refractivity contribution in [3.05, 3.63) is 54.0 Å². The Kier molecular flexibility index (Phi) is 4.02. The molecule has 2 rings (SSSR count). The van der Waals surface area contributed by atoms with Crippen LogP contribution >= 0.6 is 0 Å². The summed E-state index contributed by atoms with van der Waals surface area (Å²) >= 11 is 0. The highest BCUT2D eigenvalue weighted by molar-refractivity contribution is 5.91. The summed E-state index contributed by atoms with van der Waals surface area (Å²) in [5.74, 6) is 0.903. The second-order valence-corrected chi connectivity index (χ2v) is 3.74. The molecular formula is C14H15NO3. The van der Waals surface area contributed by atoms with Crippen LogP contribution in [0.1, 0.15) is 23.0 Å². The first-order valence-corrected chi connectivity index (χ1v) is 5.83. The molecule has 0 aliphatic heterocycles. The van der Waals surface area contributed by atoms with Gasteiger partial charge in [0.15, 0.2) is 5.76 Å². The number of hydrogen-bond donors (Lipinski definition) is 1. The zero-order valence-corrected chi connectivity index (χ0v) is 10.2. The van der Waals surface area contributed by atoms with Crippen molar-refractivity contribution in [2.45, 2.75) is 13.5 Å². The zero-order valence-electron chi connectivity index (χ0n) is 10.2. The summed E-state index contributed by atoms with van der Waals surface area (Å²) in [6.45, 7) is 3.01. The smallest absolute Gasteiger partial charge is 0.287 e. The molecule has 4 heteroatoms. The largest absolute Gasteiger partial charge is 0.494 e. The first kappa shape index (κ1) is 12.2. The van der Waals surface area contributed by atoms with Crippen molar-refractivity contribution in [3.63, 3.8) is 0 Å². The summed E-state index contributed by atoms with van der Waals surface area (Å²) < 4.78 is 10.4. The highest BCUT2D eigenvalue weighted by atomic mass is 16.5. The lowest BCUT2D eigenvalue weighted by Crippen LogP contribution is -2.22. The standard InChI is InChI=1S/C14H15NO3/c1-2-17-12-6-3-5-11(9-12)10-15-14(16)13-7-4-8-18-13/h3-9H,2,10H2,1H3,(H,15,16). The Morgan fingerprint density at radius 2 is 2.22 bits per heavy atom. The molecule has 0 radical (unpaired) electrons. The Hall–Kier alpha value is -2.23. The van der Waals surface area contributed by atoms with Gasteiger partial charge in [-0.05, 0) is 36.8 Å². The van der Waals surface area contributed by atoms with Gasteiger partial charge in [0.25, 0.3) is 5.91 Å². The molecular weight excluding hydrogens is 230 g/mol. The molecule has 2 aromatic rings. The van der Waals surface area contributed by atoms with Gasteiger partial charge >= 0.3 is 0 Å². The van der Waals surface area contributed by atoms with Crippen LogP contribution in [0.3, 0.4) is 0 Å². The lowest BCUT2D eigenvalue weighted by atomic mass is 10.2. The quantitative estimate of drug-likeness (QED) is 0.880. The van der Waals surface area contributed by atoms with Crippen LogP contribution in [-0.2, 0) is 6.54 Å². The van der Waals surface area contributed by atoms with E-state index in [2.05, 4.69) is 5.32 Å². The molecule has 1 N–H and O–H groups in total. The van der Waals surface area contributed by atoms with Crippen molar-refractivity contribution in [1.82, 2.24) is 5.32 Å². The van der Waals surface area contributed by atoms with Crippen LogP contribution in [0.15, 0.2) is 47.1 Å². The first-order chi connectivity index (χ1) is 8.79. The van der Waals surface area contributed by atoms with Crippen LogP contribution in [0.2, 0.25) is 0 Å². The van der Waals surface area contributed by atoms with Crippen molar-refractivity contribution < 1.29 is 13.9 Å². The van der Waals surface area contributed by atoms with E-state index >= 15 is 0 Å². The predicted octanol–water partition coefficient (Wildman–Crippen LogP) is 2.61. The van der Waals surface area contributed by atoms with E-state index < -0.39 is 0 Å². The number of carbonyl (C=O) groups is 1. The van der Waals surface area contributed by atoms with Gasteiger partial charge in [-0.3, -0.25) is 4.79 Å². The van der Waals surface area contributed by atoms with Crippen LogP contribution in [0.4, 0.5) is 0 Å². The molecule has 0 unspecified atom stereocenters. The number of furan rings is 1. The Balaban J connectivity index is 1.93. The van der Waals surface area contributed by atoms with Crippen LogP contribution in [0, 0.1) is 0 Å². The maximum absolute atomic E-state index is 11.7. The summed E-state index contributed by atoms with van der Waals surface area (Å²) in [6.07, 6.45) is 1.48. The molecule has 1 heterocycles. The number of amides is 1. The third-order valence-corrected chi connectivity index (χ3v) is 2.41. The van der Waals surface area contributed by atoms with Crippen LogP contribution in [0.5, 0.6) is 5.75 Å². The minimum atomic E-state index is -0.221. The number of nitrogens with one attached hydrogen (secondary N) is 1. The molecule has 0 aliphatic rings. The monoisotopic (exact) mass is 245 g/mol. The predicted molar refractivity (Wildman–Crippen MR) is 67.5 cm³/mol. The fourth-order valence-electron chi connectivity index (χ4n) is 1.59. The fourth-order valence-corrected chi connectivity index (χ4v) is 1.59. The summed E-state index contributed by atoms with van der Waals surface area (Å²) in [5.41, 5.74) is 0.987. The maximum Gasteiger partial charge on any atom is 0.287 e. The van der Waals surface area contributed by atoms with Gasteiger partial charge in [-0.2, -0.15) is 0 Å². The normalized spacial score (nSPS) is 10.1. The molecule has 94 valence electrons. The molecule has 0 spiro atoms. The number of ether oxygens (including phenoxy) is 1. The minimum absolute atomic E-state index is 0.221. The summed E-state index contributed by atoms with van der Waals surface area (Å²) in [6, 6.07) is 11.0. The minimum Gasteiger partial charge on any atom is -0.494 e. The lowest BCUT2D eigenvalue weighted by Gasteiger charge is -2.06. The molecule has 18 heavy (non-hydrogen) atoms. The third kappa shape index (κ3) is 3.13. The van der Waals surface area contributed by atoms with E-state index in [0.717, 1.165) is 11.3 Å². The zero-order chi connectivity index (χ0) is 12.8.